The van der Waals surface area contributed by atoms with E-state index in [0.717, 1.165) is 12.8 Å². The van der Waals surface area contributed by atoms with Crippen LogP contribution in [-0.2, 0) is 14.3 Å². The highest BCUT2D eigenvalue weighted by atomic mass is 16.5. The maximum atomic E-state index is 12.1. The second kappa shape index (κ2) is 3.28. The van der Waals surface area contributed by atoms with Crippen LogP contribution in [0.5, 0.6) is 0 Å². The lowest BCUT2D eigenvalue weighted by Gasteiger charge is -2.22. The average molecular weight is 225 g/mol. The minimum absolute atomic E-state index is 0.0673. The molecule has 1 unspecified atom stereocenters. The summed E-state index contributed by atoms with van der Waals surface area (Å²) in [4.78, 5) is 25.4. The summed E-state index contributed by atoms with van der Waals surface area (Å²) in [7, 11) is 0. The Kier molecular flexibility index (Phi) is 2.09. The molecule has 3 aliphatic heterocycles. The van der Waals surface area contributed by atoms with Crippen LogP contribution in [0, 0.1) is 11.8 Å². The molecule has 0 spiro atoms. The van der Waals surface area contributed by atoms with Crippen LogP contribution in [0.3, 0.4) is 0 Å². The summed E-state index contributed by atoms with van der Waals surface area (Å²) in [6.45, 7) is 1.52. The van der Waals surface area contributed by atoms with E-state index in [4.69, 9.17) is 9.84 Å². The molecule has 1 N–H and O–H groups in total. The molecule has 0 aromatic rings. The molecule has 0 aromatic carbocycles. The molecule has 0 aromatic heterocycles. The standard InChI is InChI=1S/C11H15NO4/c1-5(4-13)12-10(14)8-6-2-3-7(16-6)9(8)11(12)15/h5-9,13H,2-4H2,1H3/t5?,6-,7+,8+,9-. The quantitative estimate of drug-likeness (QED) is 0.645. The van der Waals surface area contributed by atoms with Gasteiger partial charge in [-0.25, -0.2) is 0 Å². The molecule has 0 aliphatic carbocycles. The number of fused-ring (bicyclic) bond motifs is 5. The van der Waals surface area contributed by atoms with E-state index in [1.54, 1.807) is 6.92 Å². The Balaban J connectivity index is 1.92. The number of nitrogens with zero attached hydrogens (tertiary/aromatic N) is 1. The Morgan fingerprint density at radius 2 is 1.81 bits per heavy atom. The van der Waals surface area contributed by atoms with Crippen LogP contribution >= 0.6 is 0 Å². The van der Waals surface area contributed by atoms with Crippen molar-refractivity contribution in [1.29, 1.82) is 0 Å². The van der Waals surface area contributed by atoms with E-state index >= 15 is 0 Å². The highest BCUT2D eigenvalue weighted by Crippen LogP contribution is 2.48. The van der Waals surface area contributed by atoms with Crippen LogP contribution in [0.2, 0.25) is 0 Å². The molecule has 5 heteroatoms. The molecule has 2 amide bonds. The lowest BCUT2D eigenvalue weighted by atomic mass is 9.81. The Morgan fingerprint density at radius 1 is 1.31 bits per heavy atom. The number of imide groups is 1. The summed E-state index contributed by atoms with van der Waals surface area (Å²) in [6.07, 6.45) is 1.63. The summed E-state index contributed by atoms with van der Waals surface area (Å²) in [6, 6.07) is -0.412. The van der Waals surface area contributed by atoms with E-state index in [9.17, 15) is 9.59 Å². The molecule has 0 saturated carbocycles. The SMILES string of the molecule is CC(CO)N1C(=O)[C@@H]2[C@H](C1=O)[C@@H]1CC[C@H]2O1. The van der Waals surface area contributed by atoms with Crippen LogP contribution in [-0.4, -0.2) is 46.7 Å². The zero-order chi connectivity index (χ0) is 11.4. The Bertz CT molecular complexity index is 328. The van der Waals surface area contributed by atoms with Crippen LogP contribution in [0.1, 0.15) is 19.8 Å². The van der Waals surface area contributed by atoms with Gasteiger partial charge in [0.15, 0.2) is 0 Å². The van der Waals surface area contributed by atoms with Crippen molar-refractivity contribution in [2.45, 2.75) is 38.0 Å². The fourth-order valence-corrected chi connectivity index (χ4v) is 3.25. The molecule has 16 heavy (non-hydrogen) atoms. The van der Waals surface area contributed by atoms with E-state index in [1.165, 1.54) is 4.90 Å². The molecule has 3 rings (SSSR count). The number of hydrogen-bond acceptors (Lipinski definition) is 4. The number of aliphatic hydroxyl groups excluding tert-OH is 1. The van der Waals surface area contributed by atoms with Crippen molar-refractivity contribution in [2.24, 2.45) is 11.8 Å². The van der Waals surface area contributed by atoms with Gasteiger partial charge in [-0.15, -0.1) is 0 Å². The Hall–Kier alpha value is -0.940. The van der Waals surface area contributed by atoms with E-state index in [0.29, 0.717) is 0 Å². The molecular formula is C11H15NO4. The normalized spacial score (nSPS) is 43.0. The highest BCUT2D eigenvalue weighted by molar-refractivity contribution is 6.06. The van der Waals surface area contributed by atoms with Gasteiger partial charge in [-0.2, -0.15) is 0 Å². The lowest BCUT2D eigenvalue weighted by molar-refractivity contribution is -0.145. The van der Waals surface area contributed by atoms with Crippen molar-refractivity contribution in [3.05, 3.63) is 0 Å². The number of likely N-dealkylation sites (tertiary alicyclic amines) is 1. The maximum absolute atomic E-state index is 12.1. The Morgan fingerprint density at radius 3 is 2.25 bits per heavy atom. The zero-order valence-corrected chi connectivity index (χ0v) is 9.13. The molecule has 2 bridgehead atoms. The third-order valence-corrected chi connectivity index (χ3v) is 4.02. The van der Waals surface area contributed by atoms with Gasteiger partial charge in [0.1, 0.15) is 0 Å². The van der Waals surface area contributed by atoms with Crippen LogP contribution < -0.4 is 0 Å². The molecule has 3 fully saturated rings. The molecule has 0 radical (unpaired) electrons. The van der Waals surface area contributed by atoms with Gasteiger partial charge >= 0.3 is 0 Å². The van der Waals surface area contributed by atoms with Gasteiger partial charge in [-0.05, 0) is 19.8 Å². The number of aliphatic hydroxyl groups is 1. The zero-order valence-electron chi connectivity index (χ0n) is 9.13. The number of rotatable bonds is 2. The van der Waals surface area contributed by atoms with Gasteiger partial charge in [-0.3, -0.25) is 14.5 Å². The summed E-state index contributed by atoms with van der Waals surface area (Å²) >= 11 is 0. The molecule has 3 heterocycles. The van der Waals surface area contributed by atoms with E-state index in [1.807, 2.05) is 0 Å². The first-order valence-electron chi connectivity index (χ1n) is 5.78. The molecule has 5 atom stereocenters. The largest absolute Gasteiger partial charge is 0.394 e. The second-order valence-electron chi connectivity index (χ2n) is 4.92. The predicted octanol–water partition coefficient (Wildman–Crippen LogP) is -0.470. The van der Waals surface area contributed by atoms with Crippen LogP contribution in [0.4, 0.5) is 0 Å². The van der Waals surface area contributed by atoms with Crippen molar-refractivity contribution in [2.75, 3.05) is 6.61 Å². The molecule has 5 nitrogen and oxygen atoms in total. The van der Waals surface area contributed by atoms with Crippen LogP contribution in [0.25, 0.3) is 0 Å². The molecule has 3 aliphatic rings. The molecular weight excluding hydrogens is 210 g/mol. The van der Waals surface area contributed by atoms with Crippen molar-refractivity contribution >= 4 is 11.8 Å². The fraction of sp³-hybridized carbons (Fsp3) is 0.818. The topological polar surface area (TPSA) is 66.8 Å². The van der Waals surface area contributed by atoms with Crippen molar-refractivity contribution < 1.29 is 19.4 Å². The van der Waals surface area contributed by atoms with Gasteiger partial charge in [0, 0.05) is 0 Å². The van der Waals surface area contributed by atoms with Gasteiger partial charge in [0.25, 0.3) is 0 Å². The van der Waals surface area contributed by atoms with Gasteiger partial charge in [0.05, 0.1) is 36.7 Å². The number of amides is 2. The maximum Gasteiger partial charge on any atom is 0.236 e. The van der Waals surface area contributed by atoms with Crippen molar-refractivity contribution in [3.8, 4) is 0 Å². The number of carbonyl (C=O) groups is 2. The minimum Gasteiger partial charge on any atom is -0.394 e. The van der Waals surface area contributed by atoms with Crippen molar-refractivity contribution in [3.63, 3.8) is 0 Å². The third kappa shape index (κ3) is 1.07. The smallest absolute Gasteiger partial charge is 0.236 e. The molecule has 3 saturated heterocycles. The van der Waals surface area contributed by atoms with E-state index < -0.39 is 6.04 Å². The fourth-order valence-electron chi connectivity index (χ4n) is 3.25. The number of hydrogen-bond donors (Lipinski definition) is 1. The number of ether oxygens (including phenoxy) is 1. The summed E-state index contributed by atoms with van der Waals surface area (Å²) in [5.41, 5.74) is 0. The monoisotopic (exact) mass is 225 g/mol. The van der Waals surface area contributed by atoms with Gasteiger partial charge in [-0.1, -0.05) is 0 Å². The van der Waals surface area contributed by atoms with Crippen LogP contribution in [0.15, 0.2) is 0 Å². The Labute approximate surface area is 93.4 Å². The lowest BCUT2D eigenvalue weighted by Crippen LogP contribution is -2.42. The van der Waals surface area contributed by atoms with Gasteiger partial charge in [0.2, 0.25) is 11.8 Å². The second-order valence-corrected chi connectivity index (χ2v) is 4.92. The third-order valence-electron chi connectivity index (χ3n) is 4.02. The molecule has 88 valence electrons. The highest BCUT2D eigenvalue weighted by Gasteiger charge is 2.62. The predicted molar refractivity (Wildman–Crippen MR) is 53.3 cm³/mol. The first-order chi connectivity index (χ1) is 7.65. The first kappa shape index (κ1) is 10.2. The minimum atomic E-state index is -0.412. The van der Waals surface area contributed by atoms with Gasteiger partial charge < -0.3 is 9.84 Å². The first-order valence-corrected chi connectivity index (χ1v) is 5.78. The van der Waals surface area contributed by atoms with E-state index in [-0.39, 0.29) is 42.5 Å². The van der Waals surface area contributed by atoms with Crippen molar-refractivity contribution in [1.82, 2.24) is 4.90 Å². The average Bonchev–Trinajstić information content (AvgIpc) is 2.92. The summed E-state index contributed by atoms with van der Waals surface area (Å²) in [5, 5.41) is 9.06. The van der Waals surface area contributed by atoms with E-state index in [2.05, 4.69) is 0 Å². The number of carbonyl (C=O) groups excluding carboxylic acids is 2. The summed E-state index contributed by atoms with van der Waals surface area (Å²) in [5.74, 6) is -0.854. The summed E-state index contributed by atoms with van der Waals surface area (Å²) < 4.78 is 5.61.